The summed E-state index contributed by atoms with van der Waals surface area (Å²) >= 11 is 0. The van der Waals surface area contributed by atoms with E-state index in [1.165, 1.54) is 6.42 Å². The molecule has 0 saturated heterocycles. The number of nitrogens with zero attached hydrogens (tertiary/aromatic N) is 1. The Balaban J connectivity index is 2.10. The number of anilines is 1. The van der Waals surface area contributed by atoms with Crippen molar-refractivity contribution in [1.82, 2.24) is 10.2 Å². The minimum Gasteiger partial charge on any atom is -0.444 e. The molecule has 2 N–H and O–H groups in total. The number of hydrogen-bond donors (Lipinski definition) is 2. The quantitative estimate of drug-likeness (QED) is 0.162. The molecule has 3 amide bonds. The van der Waals surface area contributed by atoms with E-state index in [-0.39, 0.29) is 18.2 Å². The summed E-state index contributed by atoms with van der Waals surface area (Å²) in [6, 6.07) is 19.6. The largest absolute Gasteiger partial charge is 0.444 e. The standard InChI is InChI=1S/C40H55N3O4/c1-9-10-11-12-13-17-25-43(38(45)34(27-32-21-15-14-16-22-32)41-39(46)47-40(6,7)8)36(33-24-23-28(2)31(5)26-33)37(44)42-35-29(3)19-18-20-30(35)4/h14-16,18-24,26,34,36H,9-13,17,25,27H2,1-8H3,(H,41,46)(H,42,44). The second-order valence-electron chi connectivity index (χ2n) is 13.7. The zero-order valence-corrected chi connectivity index (χ0v) is 29.7. The van der Waals surface area contributed by atoms with Crippen LogP contribution in [0, 0.1) is 27.7 Å². The van der Waals surface area contributed by atoms with Crippen molar-refractivity contribution in [1.29, 1.82) is 0 Å². The fourth-order valence-electron chi connectivity index (χ4n) is 5.74. The Morgan fingerprint density at radius 2 is 1.40 bits per heavy atom. The summed E-state index contributed by atoms with van der Waals surface area (Å²) in [5, 5.41) is 6.05. The lowest BCUT2D eigenvalue weighted by Gasteiger charge is -2.35. The van der Waals surface area contributed by atoms with Gasteiger partial charge in [-0.1, -0.05) is 106 Å². The van der Waals surface area contributed by atoms with Gasteiger partial charge in [0.1, 0.15) is 17.7 Å². The summed E-state index contributed by atoms with van der Waals surface area (Å²) in [4.78, 5) is 44.2. The number of carbonyl (C=O) groups excluding carboxylic acids is 3. The number of benzene rings is 3. The number of carbonyl (C=O) groups is 3. The Hall–Kier alpha value is -4.13. The summed E-state index contributed by atoms with van der Waals surface area (Å²) in [5.41, 5.74) is 5.65. The van der Waals surface area contributed by atoms with E-state index in [1.54, 1.807) is 25.7 Å². The molecule has 47 heavy (non-hydrogen) atoms. The van der Waals surface area contributed by atoms with Gasteiger partial charge in [0.2, 0.25) is 5.91 Å². The number of hydrogen-bond acceptors (Lipinski definition) is 4. The van der Waals surface area contributed by atoms with Crippen LogP contribution in [0.1, 0.15) is 106 Å². The first-order valence-corrected chi connectivity index (χ1v) is 17.1. The Bertz CT molecular complexity index is 1460. The molecule has 0 heterocycles. The lowest BCUT2D eigenvalue weighted by Crippen LogP contribution is -2.53. The molecule has 0 aliphatic heterocycles. The fraction of sp³-hybridized carbons (Fsp3) is 0.475. The second-order valence-corrected chi connectivity index (χ2v) is 13.7. The van der Waals surface area contributed by atoms with Gasteiger partial charge in [0.05, 0.1) is 0 Å². The van der Waals surface area contributed by atoms with Gasteiger partial charge in [0, 0.05) is 18.7 Å². The molecule has 3 aromatic carbocycles. The first-order chi connectivity index (χ1) is 22.3. The highest BCUT2D eigenvalue weighted by molar-refractivity contribution is 6.00. The predicted octanol–water partition coefficient (Wildman–Crippen LogP) is 8.93. The molecular weight excluding hydrogens is 586 g/mol. The van der Waals surface area contributed by atoms with Gasteiger partial charge in [-0.3, -0.25) is 9.59 Å². The number of ether oxygens (including phenoxy) is 1. The molecule has 0 bridgehead atoms. The van der Waals surface area contributed by atoms with Crippen LogP contribution in [-0.2, 0) is 20.7 Å². The van der Waals surface area contributed by atoms with Gasteiger partial charge in [-0.25, -0.2) is 4.79 Å². The van der Waals surface area contributed by atoms with E-state index in [1.807, 2.05) is 94.4 Å². The van der Waals surface area contributed by atoms with Crippen molar-refractivity contribution >= 4 is 23.6 Å². The number of alkyl carbamates (subject to hydrolysis) is 1. The van der Waals surface area contributed by atoms with Crippen LogP contribution in [0.5, 0.6) is 0 Å². The summed E-state index contributed by atoms with van der Waals surface area (Å²) < 4.78 is 5.60. The van der Waals surface area contributed by atoms with Crippen molar-refractivity contribution in [2.75, 3.05) is 11.9 Å². The molecule has 0 fully saturated rings. The van der Waals surface area contributed by atoms with Gasteiger partial charge < -0.3 is 20.3 Å². The zero-order chi connectivity index (χ0) is 34.6. The van der Waals surface area contributed by atoms with Crippen molar-refractivity contribution in [3.05, 3.63) is 100 Å². The molecule has 3 aromatic rings. The Labute approximate surface area is 282 Å². The molecule has 0 spiro atoms. The van der Waals surface area contributed by atoms with Crippen LogP contribution >= 0.6 is 0 Å². The van der Waals surface area contributed by atoms with Crippen LogP contribution in [-0.4, -0.2) is 41.0 Å². The van der Waals surface area contributed by atoms with Crippen LogP contribution in [0.3, 0.4) is 0 Å². The number of nitrogens with one attached hydrogen (secondary N) is 2. The number of para-hydroxylation sites is 1. The minimum absolute atomic E-state index is 0.254. The molecule has 0 aliphatic rings. The van der Waals surface area contributed by atoms with E-state index in [4.69, 9.17) is 4.74 Å². The van der Waals surface area contributed by atoms with Gasteiger partial charge in [-0.05, 0) is 88.3 Å². The lowest BCUT2D eigenvalue weighted by atomic mass is 9.96. The maximum atomic E-state index is 14.8. The first kappa shape index (κ1) is 37.3. The predicted molar refractivity (Wildman–Crippen MR) is 192 cm³/mol. The lowest BCUT2D eigenvalue weighted by molar-refractivity contribution is -0.140. The monoisotopic (exact) mass is 641 g/mol. The molecule has 0 aromatic heterocycles. The molecule has 0 radical (unpaired) electrons. The summed E-state index contributed by atoms with van der Waals surface area (Å²) in [7, 11) is 0. The van der Waals surface area contributed by atoms with E-state index in [0.717, 1.165) is 71.2 Å². The average molecular weight is 642 g/mol. The highest BCUT2D eigenvalue weighted by Crippen LogP contribution is 2.29. The van der Waals surface area contributed by atoms with Crippen LogP contribution in [0.2, 0.25) is 0 Å². The first-order valence-electron chi connectivity index (χ1n) is 17.1. The topological polar surface area (TPSA) is 87.7 Å². The van der Waals surface area contributed by atoms with E-state index in [9.17, 15) is 14.4 Å². The molecule has 7 nitrogen and oxygen atoms in total. The van der Waals surface area contributed by atoms with Gasteiger partial charge in [-0.2, -0.15) is 0 Å². The van der Waals surface area contributed by atoms with E-state index in [0.29, 0.717) is 6.54 Å². The van der Waals surface area contributed by atoms with Crippen LogP contribution in [0.25, 0.3) is 0 Å². The molecule has 2 unspecified atom stereocenters. The Kier molecular flexibility index (Phi) is 14.1. The van der Waals surface area contributed by atoms with Crippen molar-refractivity contribution in [3.8, 4) is 0 Å². The second kappa shape index (κ2) is 17.7. The van der Waals surface area contributed by atoms with Crippen molar-refractivity contribution in [2.24, 2.45) is 0 Å². The number of rotatable bonds is 15. The van der Waals surface area contributed by atoms with Crippen molar-refractivity contribution in [3.63, 3.8) is 0 Å². The van der Waals surface area contributed by atoms with Gasteiger partial charge in [0.25, 0.3) is 5.91 Å². The SMILES string of the molecule is CCCCCCCCN(C(=O)C(Cc1ccccc1)NC(=O)OC(C)(C)C)C(C(=O)Nc1c(C)cccc1C)c1ccc(C)c(C)c1. The molecule has 3 rings (SSSR count). The molecule has 0 saturated carbocycles. The van der Waals surface area contributed by atoms with Gasteiger partial charge in [0.15, 0.2) is 0 Å². The van der Waals surface area contributed by atoms with Crippen molar-refractivity contribution < 1.29 is 19.1 Å². The highest BCUT2D eigenvalue weighted by Gasteiger charge is 2.36. The van der Waals surface area contributed by atoms with Crippen LogP contribution < -0.4 is 10.6 Å². The molecule has 0 aliphatic carbocycles. The maximum absolute atomic E-state index is 14.8. The number of unbranched alkanes of at least 4 members (excludes halogenated alkanes) is 5. The van der Waals surface area contributed by atoms with Crippen LogP contribution in [0.4, 0.5) is 10.5 Å². The number of amides is 3. The summed E-state index contributed by atoms with van der Waals surface area (Å²) in [5.74, 6) is -0.617. The normalized spacial score (nSPS) is 12.6. The smallest absolute Gasteiger partial charge is 0.408 e. The highest BCUT2D eigenvalue weighted by atomic mass is 16.6. The van der Waals surface area contributed by atoms with E-state index < -0.39 is 23.8 Å². The third-order valence-corrected chi connectivity index (χ3v) is 8.44. The minimum atomic E-state index is -0.950. The van der Waals surface area contributed by atoms with Gasteiger partial charge >= 0.3 is 6.09 Å². The average Bonchev–Trinajstić information content (AvgIpc) is 3.00. The zero-order valence-electron chi connectivity index (χ0n) is 29.7. The van der Waals surface area contributed by atoms with Crippen LogP contribution in [0.15, 0.2) is 66.7 Å². The molecule has 7 heteroatoms. The van der Waals surface area contributed by atoms with E-state index in [2.05, 4.69) is 17.6 Å². The van der Waals surface area contributed by atoms with Crippen molar-refractivity contribution in [2.45, 2.75) is 118 Å². The third kappa shape index (κ3) is 11.6. The van der Waals surface area contributed by atoms with E-state index >= 15 is 0 Å². The molecule has 2 atom stereocenters. The summed E-state index contributed by atoms with van der Waals surface area (Å²) in [6.45, 7) is 15.9. The Morgan fingerprint density at radius 1 is 0.766 bits per heavy atom. The maximum Gasteiger partial charge on any atom is 0.408 e. The summed E-state index contributed by atoms with van der Waals surface area (Å²) in [6.07, 6.45) is 5.76. The number of aryl methyl sites for hydroxylation is 4. The molecule has 254 valence electrons. The third-order valence-electron chi connectivity index (χ3n) is 8.44. The molecular formula is C40H55N3O4. The fourth-order valence-corrected chi connectivity index (χ4v) is 5.74. The Morgan fingerprint density at radius 3 is 2.02 bits per heavy atom. The van der Waals surface area contributed by atoms with Gasteiger partial charge in [-0.15, -0.1) is 0 Å².